The molecule has 3 rings (SSSR count). The molecule has 6 nitrogen and oxygen atoms in total. The predicted molar refractivity (Wildman–Crippen MR) is 92.0 cm³/mol. The molecule has 4 atom stereocenters. The molecular weight excluding hydrogens is 377 g/mol. The van der Waals surface area contributed by atoms with E-state index in [9.17, 15) is 32.7 Å². The summed E-state index contributed by atoms with van der Waals surface area (Å²) in [6.45, 7) is 3.36. The molecule has 0 saturated carbocycles. The van der Waals surface area contributed by atoms with Crippen LogP contribution in [0.4, 0.5) is 13.2 Å². The molecule has 1 aromatic carbocycles. The zero-order chi connectivity index (χ0) is 20.9. The van der Waals surface area contributed by atoms with E-state index in [1.165, 1.54) is 19.1 Å². The normalized spacial score (nSPS) is 30.0. The second kappa shape index (κ2) is 6.88. The predicted octanol–water partition coefficient (Wildman–Crippen LogP) is 2.59. The van der Waals surface area contributed by atoms with Crippen LogP contribution >= 0.6 is 0 Å². The quantitative estimate of drug-likeness (QED) is 0.745. The van der Waals surface area contributed by atoms with E-state index in [0.29, 0.717) is 6.42 Å². The van der Waals surface area contributed by atoms with E-state index in [1.54, 1.807) is 0 Å². The maximum atomic E-state index is 13.1. The van der Waals surface area contributed by atoms with Crippen molar-refractivity contribution in [3.63, 3.8) is 0 Å². The number of benzene rings is 1. The molecule has 28 heavy (non-hydrogen) atoms. The van der Waals surface area contributed by atoms with E-state index < -0.39 is 52.9 Å². The standard InChI is InChI=1S/C19H21F3N2O4/c1-3-4-8-24-15(25)12-13(16(24)26)18(2,17(27)28)23-14(12)10-6-5-7-11(9-10)19(20,21)22/h5-7,9,12-14,23H,3-4,8H2,1-2H3,(H,27,28). The van der Waals surface area contributed by atoms with Gasteiger partial charge in [-0.3, -0.25) is 24.6 Å². The maximum Gasteiger partial charge on any atom is 0.416 e. The van der Waals surface area contributed by atoms with E-state index in [4.69, 9.17) is 0 Å². The number of imide groups is 1. The highest BCUT2D eigenvalue weighted by molar-refractivity contribution is 6.09. The monoisotopic (exact) mass is 398 g/mol. The maximum absolute atomic E-state index is 13.1. The van der Waals surface area contributed by atoms with Crippen molar-refractivity contribution in [3.05, 3.63) is 35.4 Å². The first-order valence-electron chi connectivity index (χ1n) is 9.05. The summed E-state index contributed by atoms with van der Waals surface area (Å²) in [6, 6.07) is 3.42. The average molecular weight is 398 g/mol. The second-order valence-electron chi connectivity index (χ2n) is 7.44. The first-order valence-corrected chi connectivity index (χ1v) is 9.05. The molecule has 4 unspecified atom stereocenters. The summed E-state index contributed by atoms with van der Waals surface area (Å²) in [5.41, 5.74) is -2.52. The van der Waals surface area contributed by atoms with E-state index in [1.807, 2.05) is 6.92 Å². The highest BCUT2D eigenvalue weighted by Crippen LogP contribution is 2.49. The number of hydrogen-bond donors (Lipinski definition) is 2. The van der Waals surface area contributed by atoms with E-state index in [-0.39, 0.29) is 12.1 Å². The number of halogens is 3. The first-order chi connectivity index (χ1) is 13.0. The molecule has 2 heterocycles. The summed E-state index contributed by atoms with van der Waals surface area (Å²) in [7, 11) is 0. The van der Waals surface area contributed by atoms with Crippen LogP contribution in [0.1, 0.15) is 43.9 Å². The van der Waals surface area contributed by atoms with Gasteiger partial charge in [-0.15, -0.1) is 0 Å². The van der Waals surface area contributed by atoms with Gasteiger partial charge >= 0.3 is 12.1 Å². The van der Waals surface area contributed by atoms with Crippen LogP contribution in [0.5, 0.6) is 0 Å². The summed E-state index contributed by atoms with van der Waals surface area (Å²) in [5, 5.41) is 12.5. The number of carbonyl (C=O) groups excluding carboxylic acids is 2. The number of carboxylic acids is 1. The fourth-order valence-electron chi connectivity index (χ4n) is 4.13. The van der Waals surface area contributed by atoms with Gasteiger partial charge in [0.25, 0.3) is 0 Å². The molecule has 152 valence electrons. The highest BCUT2D eigenvalue weighted by atomic mass is 19.4. The third-order valence-electron chi connectivity index (χ3n) is 5.63. The van der Waals surface area contributed by atoms with Gasteiger partial charge in [0.15, 0.2) is 0 Å². The van der Waals surface area contributed by atoms with Crippen LogP contribution < -0.4 is 5.32 Å². The molecule has 2 amide bonds. The molecule has 0 spiro atoms. The minimum Gasteiger partial charge on any atom is -0.480 e. The van der Waals surface area contributed by atoms with Gasteiger partial charge in [0.05, 0.1) is 17.4 Å². The van der Waals surface area contributed by atoms with Gasteiger partial charge in [-0.05, 0) is 31.0 Å². The Balaban J connectivity index is 2.06. The summed E-state index contributed by atoms with van der Waals surface area (Å²) in [5.74, 6) is -4.68. The lowest BCUT2D eigenvalue weighted by Gasteiger charge is -2.27. The molecule has 2 fully saturated rings. The first kappa shape index (κ1) is 20.3. The largest absolute Gasteiger partial charge is 0.480 e. The van der Waals surface area contributed by atoms with Crippen molar-refractivity contribution in [1.82, 2.24) is 10.2 Å². The zero-order valence-electron chi connectivity index (χ0n) is 15.4. The third kappa shape index (κ3) is 3.07. The smallest absolute Gasteiger partial charge is 0.416 e. The third-order valence-corrected chi connectivity index (χ3v) is 5.63. The number of fused-ring (bicyclic) bond motifs is 1. The van der Waals surface area contributed by atoms with E-state index in [0.717, 1.165) is 23.5 Å². The highest BCUT2D eigenvalue weighted by Gasteiger charge is 2.66. The number of amides is 2. The van der Waals surface area contributed by atoms with Gasteiger partial charge in [-0.1, -0.05) is 25.5 Å². The molecule has 2 aliphatic rings. The Morgan fingerprint density at radius 2 is 1.96 bits per heavy atom. The van der Waals surface area contributed by atoms with Crippen LogP contribution in [-0.4, -0.2) is 39.9 Å². The van der Waals surface area contributed by atoms with Crippen molar-refractivity contribution >= 4 is 17.8 Å². The van der Waals surface area contributed by atoms with Crippen molar-refractivity contribution in [2.45, 2.75) is 44.4 Å². The van der Waals surface area contributed by atoms with Crippen LogP contribution in [-0.2, 0) is 20.6 Å². The Hall–Kier alpha value is -2.42. The van der Waals surface area contributed by atoms with Gasteiger partial charge in [0.2, 0.25) is 11.8 Å². The van der Waals surface area contributed by atoms with Gasteiger partial charge in [0, 0.05) is 12.6 Å². The zero-order valence-corrected chi connectivity index (χ0v) is 15.4. The average Bonchev–Trinajstić information content (AvgIpc) is 3.08. The van der Waals surface area contributed by atoms with Crippen LogP contribution in [0.25, 0.3) is 0 Å². The summed E-state index contributed by atoms with van der Waals surface area (Å²) >= 11 is 0. The molecule has 2 aliphatic heterocycles. The fourth-order valence-corrected chi connectivity index (χ4v) is 4.13. The molecule has 2 saturated heterocycles. The number of alkyl halides is 3. The van der Waals surface area contributed by atoms with Crippen LogP contribution in [0.3, 0.4) is 0 Å². The topological polar surface area (TPSA) is 86.7 Å². The Kier molecular flexibility index (Phi) is 4.99. The minimum atomic E-state index is -4.58. The minimum absolute atomic E-state index is 0.133. The lowest BCUT2D eigenvalue weighted by atomic mass is 9.80. The fraction of sp³-hybridized carbons (Fsp3) is 0.526. The SMILES string of the molecule is CCCCN1C(=O)C2C(c3cccc(C(F)(F)F)c3)NC(C)(C(=O)O)C2C1=O. The molecule has 0 aliphatic carbocycles. The van der Waals surface area contributed by atoms with Crippen molar-refractivity contribution < 1.29 is 32.7 Å². The molecule has 0 aromatic heterocycles. The number of likely N-dealkylation sites (tertiary alicyclic amines) is 1. The Morgan fingerprint density at radius 3 is 2.54 bits per heavy atom. The van der Waals surface area contributed by atoms with Crippen molar-refractivity contribution in [2.75, 3.05) is 6.54 Å². The van der Waals surface area contributed by atoms with Crippen LogP contribution in [0.15, 0.2) is 24.3 Å². The van der Waals surface area contributed by atoms with Gasteiger partial charge in [0.1, 0.15) is 5.54 Å². The number of hydrogen-bond acceptors (Lipinski definition) is 4. The molecule has 1 aromatic rings. The lowest BCUT2D eigenvalue weighted by Crippen LogP contribution is -2.53. The van der Waals surface area contributed by atoms with Gasteiger partial charge in [-0.2, -0.15) is 13.2 Å². The number of aliphatic carboxylic acids is 1. The Bertz CT molecular complexity index is 826. The lowest BCUT2D eigenvalue weighted by molar-refractivity contribution is -0.150. The van der Waals surface area contributed by atoms with E-state index in [2.05, 4.69) is 5.32 Å². The molecule has 0 bridgehead atoms. The van der Waals surface area contributed by atoms with Gasteiger partial charge < -0.3 is 5.11 Å². The van der Waals surface area contributed by atoms with Crippen LogP contribution in [0, 0.1) is 11.8 Å². The number of carboxylic acid groups (broad SMARTS) is 1. The molecule has 9 heteroatoms. The number of rotatable bonds is 5. The second-order valence-corrected chi connectivity index (χ2v) is 7.44. The van der Waals surface area contributed by atoms with Gasteiger partial charge in [-0.25, -0.2) is 0 Å². The van der Waals surface area contributed by atoms with Crippen molar-refractivity contribution in [3.8, 4) is 0 Å². The number of unbranched alkanes of at least 4 members (excludes halogenated alkanes) is 1. The number of nitrogens with one attached hydrogen (secondary N) is 1. The Morgan fingerprint density at radius 1 is 1.29 bits per heavy atom. The van der Waals surface area contributed by atoms with Crippen molar-refractivity contribution in [2.24, 2.45) is 11.8 Å². The van der Waals surface area contributed by atoms with E-state index >= 15 is 0 Å². The van der Waals surface area contributed by atoms with Crippen LogP contribution in [0.2, 0.25) is 0 Å². The number of carbonyl (C=O) groups is 3. The number of nitrogens with zero attached hydrogens (tertiary/aromatic N) is 1. The molecule has 0 radical (unpaired) electrons. The summed E-state index contributed by atoms with van der Waals surface area (Å²) in [6.07, 6.45) is -3.27. The molecular formula is C19H21F3N2O4. The molecule has 2 N–H and O–H groups in total. The summed E-state index contributed by atoms with van der Waals surface area (Å²) in [4.78, 5) is 38.8. The summed E-state index contributed by atoms with van der Waals surface area (Å²) < 4.78 is 39.3. The Labute approximate surface area is 159 Å². The van der Waals surface area contributed by atoms with Crippen molar-refractivity contribution in [1.29, 1.82) is 0 Å².